The minimum atomic E-state index is -1.04. The lowest BCUT2D eigenvalue weighted by molar-refractivity contribution is -0.138. The van der Waals surface area contributed by atoms with Crippen LogP contribution in [0, 0.1) is 0 Å². The summed E-state index contributed by atoms with van der Waals surface area (Å²) in [5.74, 6) is -1.04. The van der Waals surface area contributed by atoms with Crippen molar-refractivity contribution in [1.29, 1.82) is 0 Å². The van der Waals surface area contributed by atoms with Gasteiger partial charge in [0.25, 0.3) is 0 Å². The highest BCUT2D eigenvalue weighted by molar-refractivity contribution is 5.82. The van der Waals surface area contributed by atoms with E-state index in [1.165, 1.54) is 12.5 Å². The van der Waals surface area contributed by atoms with E-state index in [0.717, 1.165) is 24.8 Å². The van der Waals surface area contributed by atoms with Gasteiger partial charge in [-0.25, -0.2) is 4.79 Å². The van der Waals surface area contributed by atoms with Crippen LogP contribution in [0.25, 0.3) is 0 Å². The molecule has 5 heteroatoms. The molecule has 0 spiro atoms. The first-order chi connectivity index (χ1) is 9.08. The fourth-order valence-corrected chi connectivity index (χ4v) is 2.36. The molecule has 0 unspecified atom stereocenters. The molecular weight excluding hydrogens is 244 g/mol. The third-order valence-corrected chi connectivity index (χ3v) is 3.39. The Bertz CT molecular complexity index is 487. The molecule has 0 radical (unpaired) electrons. The minimum Gasteiger partial charge on any atom is -0.480 e. The molecular formula is C14H18N2O3. The van der Waals surface area contributed by atoms with E-state index >= 15 is 0 Å². The molecule has 0 heterocycles. The molecule has 1 aliphatic carbocycles. The lowest BCUT2D eigenvalue weighted by atomic mass is 9.88. The van der Waals surface area contributed by atoms with Gasteiger partial charge in [0.1, 0.15) is 6.04 Å². The van der Waals surface area contributed by atoms with E-state index in [9.17, 15) is 9.59 Å². The van der Waals surface area contributed by atoms with E-state index in [2.05, 4.69) is 16.7 Å². The Morgan fingerprint density at radius 3 is 2.84 bits per heavy atom. The van der Waals surface area contributed by atoms with Gasteiger partial charge < -0.3 is 15.7 Å². The molecule has 0 aliphatic heterocycles. The van der Waals surface area contributed by atoms with Crippen molar-refractivity contribution in [3.05, 3.63) is 35.4 Å². The van der Waals surface area contributed by atoms with Gasteiger partial charge in [-0.15, -0.1) is 0 Å². The Kier molecular flexibility index (Phi) is 4.04. The van der Waals surface area contributed by atoms with Crippen molar-refractivity contribution in [1.82, 2.24) is 10.6 Å². The molecule has 2 amide bonds. The summed E-state index contributed by atoms with van der Waals surface area (Å²) in [6, 6.07) is 6.67. The van der Waals surface area contributed by atoms with E-state index in [1.54, 1.807) is 0 Å². The summed E-state index contributed by atoms with van der Waals surface area (Å²) < 4.78 is 0. The third kappa shape index (κ3) is 3.24. The second-order valence-corrected chi connectivity index (χ2v) is 4.82. The zero-order valence-electron chi connectivity index (χ0n) is 10.8. The number of benzene rings is 1. The fourth-order valence-electron chi connectivity index (χ4n) is 2.36. The van der Waals surface area contributed by atoms with E-state index in [4.69, 9.17) is 5.11 Å². The Morgan fingerprint density at radius 1 is 1.37 bits per heavy atom. The topological polar surface area (TPSA) is 78.4 Å². The molecule has 102 valence electrons. The van der Waals surface area contributed by atoms with Crippen molar-refractivity contribution in [2.45, 2.75) is 38.3 Å². The van der Waals surface area contributed by atoms with Gasteiger partial charge in [0.05, 0.1) is 6.04 Å². The SMILES string of the molecule is C[C@H](NC(=O)N[C@@H]1CCCc2ccccc21)C(=O)O. The zero-order chi connectivity index (χ0) is 13.8. The van der Waals surface area contributed by atoms with Crippen LogP contribution in [0.3, 0.4) is 0 Å². The number of carbonyl (C=O) groups excluding carboxylic acids is 1. The number of aliphatic carboxylic acids is 1. The van der Waals surface area contributed by atoms with Crippen LogP contribution < -0.4 is 10.6 Å². The van der Waals surface area contributed by atoms with Gasteiger partial charge in [0.15, 0.2) is 0 Å². The molecule has 2 rings (SSSR count). The van der Waals surface area contributed by atoms with Gasteiger partial charge in [-0.3, -0.25) is 4.79 Å². The van der Waals surface area contributed by atoms with Gasteiger partial charge in [-0.2, -0.15) is 0 Å². The third-order valence-electron chi connectivity index (χ3n) is 3.39. The van der Waals surface area contributed by atoms with Gasteiger partial charge in [0, 0.05) is 0 Å². The van der Waals surface area contributed by atoms with E-state index in [-0.39, 0.29) is 6.04 Å². The summed E-state index contributed by atoms with van der Waals surface area (Å²) in [6.45, 7) is 1.44. The lowest BCUT2D eigenvalue weighted by Crippen LogP contribution is -2.45. The normalized spacial score (nSPS) is 19.1. The van der Waals surface area contributed by atoms with Crippen LogP contribution >= 0.6 is 0 Å². The Hall–Kier alpha value is -2.04. The Balaban J connectivity index is 2.01. The molecule has 0 saturated heterocycles. The predicted octanol–water partition coefficient (Wildman–Crippen LogP) is 1.84. The number of carboxylic acids is 1. The molecule has 1 aromatic carbocycles. The highest BCUT2D eigenvalue weighted by atomic mass is 16.4. The number of aryl methyl sites for hydroxylation is 1. The van der Waals surface area contributed by atoms with Crippen LogP contribution in [0.2, 0.25) is 0 Å². The van der Waals surface area contributed by atoms with Crippen LogP contribution in [0.1, 0.15) is 36.9 Å². The van der Waals surface area contributed by atoms with Crippen molar-refractivity contribution in [3.63, 3.8) is 0 Å². The standard InChI is InChI=1S/C14H18N2O3/c1-9(13(17)18)15-14(19)16-12-8-4-6-10-5-2-3-7-11(10)12/h2-3,5,7,9,12H,4,6,8H2,1H3,(H,17,18)(H2,15,16,19)/t9-,12+/m0/s1. The molecule has 5 nitrogen and oxygen atoms in total. The smallest absolute Gasteiger partial charge is 0.325 e. The number of fused-ring (bicyclic) bond motifs is 1. The summed E-state index contributed by atoms with van der Waals surface area (Å²) in [5.41, 5.74) is 2.39. The van der Waals surface area contributed by atoms with Gasteiger partial charge in [0.2, 0.25) is 0 Å². The maximum absolute atomic E-state index is 11.8. The average Bonchev–Trinajstić information content (AvgIpc) is 2.39. The summed E-state index contributed by atoms with van der Waals surface area (Å²) in [4.78, 5) is 22.4. The molecule has 19 heavy (non-hydrogen) atoms. The first kappa shape index (κ1) is 13.4. The minimum absolute atomic E-state index is 0.0362. The highest BCUT2D eigenvalue weighted by Crippen LogP contribution is 2.29. The summed E-state index contributed by atoms with van der Waals surface area (Å²) in [6.07, 6.45) is 2.93. The molecule has 3 N–H and O–H groups in total. The van der Waals surface area contributed by atoms with Crippen molar-refractivity contribution in [3.8, 4) is 0 Å². The fraction of sp³-hybridized carbons (Fsp3) is 0.429. The molecule has 0 saturated carbocycles. The van der Waals surface area contributed by atoms with Crippen LogP contribution in [-0.4, -0.2) is 23.1 Å². The van der Waals surface area contributed by atoms with Crippen LogP contribution in [0.4, 0.5) is 4.79 Å². The predicted molar refractivity (Wildman–Crippen MR) is 70.9 cm³/mol. The summed E-state index contributed by atoms with van der Waals surface area (Å²) >= 11 is 0. The second kappa shape index (κ2) is 5.73. The van der Waals surface area contributed by atoms with E-state index in [1.807, 2.05) is 18.2 Å². The number of carbonyl (C=O) groups is 2. The highest BCUT2D eigenvalue weighted by Gasteiger charge is 2.22. The van der Waals surface area contributed by atoms with Crippen LogP contribution in [-0.2, 0) is 11.2 Å². The number of urea groups is 1. The van der Waals surface area contributed by atoms with E-state index in [0.29, 0.717) is 0 Å². The number of amides is 2. The maximum Gasteiger partial charge on any atom is 0.325 e. The summed E-state index contributed by atoms with van der Waals surface area (Å²) in [5, 5.41) is 14.0. The van der Waals surface area contributed by atoms with E-state index < -0.39 is 18.0 Å². The molecule has 2 atom stereocenters. The second-order valence-electron chi connectivity index (χ2n) is 4.82. The molecule has 0 bridgehead atoms. The Morgan fingerprint density at radius 2 is 2.11 bits per heavy atom. The number of carboxylic acid groups (broad SMARTS) is 1. The summed E-state index contributed by atoms with van der Waals surface area (Å²) in [7, 11) is 0. The number of hydrogen-bond donors (Lipinski definition) is 3. The monoisotopic (exact) mass is 262 g/mol. The largest absolute Gasteiger partial charge is 0.480 e. The molecule has 1 aliphatic rings. The first-order valence-corrected chi connectivity index (χ1v) is 6.45. The van der Waals surface area contributed by atoms with Crippen molar-refractivity contribution in [2.24, 2.45) is 0 Å². The first-order valence-electron chi connectivity index (χ1n) is 6.45. The zero-order valence-corrected chi connectivity index (χ0v) is 10.8. The van der Waals surface area contributed by atoms with Gasteiger partial charge in [-0.1, -0.05) is 24.3 Å². The van der Waals surface area contributed by atoms with Crippen molar-refractivity contribution in [2.75, 3.05) is 0 Å². The quantitative estimate of drug-likeness (QED) is 0.777. The lowest BCUT2D eigenvalue weighted by Gasteiger charge is -2.26. The van der Waals surface area contributed by atoms with Crippen LogP contribution in [0.5, 0.6) is 0 Å². The Labute approximate surface area is 112 Å². The van der Waals surface area contributed by atoms with Gasteiger partial charge in [-0.05, 0) is 37.3 Å². The number of rotatable bonds is 3. The maximum atomic E-state index is 11.8. The van der Waals surface area contributed by atoms with Gasteiger partial charge >= 0.3 is 12.0 Å². The molecule has 0 fully saturated rings. The number of hydrogen-bond acceptors (Lipinski definition) is 2. The number of nitrogens with one attached hydrogen (secondary N) is 2. The molecule has 1 aromatic rings. The average molecular weight is 262 g/mol. The van der Waals surface area contributed by atoms with Crippen molar-refractivity contribution < 1.29 is 14.7 Å². The van der Waals surface area contributed by atoms with Crippen LogP contribution in [0.15, 0.2) is 24.3 Å². The van der Waals surface area contributed by atoms with Crippen molar-refractivity contribution >= 4 is 12.0 Å². The molecule has 0 aromatic heterocycles.